The number of carboxylic acid groups (broad SMARTS) is 4. The topological polar surface area (TPSA) is 460 Å². The molecule has 5 rings (SSSR count). The Morgan fingerprint density at radius 1 is 0.518 bits per heavy atom. The molecule has 0 radical (unpaired) electrons. The molecule has 18 atom stereocenters. The van der Waals surface area contributed by atoms with Crippen LogP contribution in [-0.4, -0.2) is 240 Å². The van der Waals surface area contributed by atoms with Gasteiger partial charge in [0.2, 0.25) is 17.7 Å². The minimum absolute atomic E-state index is 0.0444. The number of hydrogen-bond acceptors (Lipinski definition) is 26. The van der Waals surface area contributed by atoms with Crippen LogP contribution in [0.1, 0.15) is 130 Å². The molecule has 33 heteroatoms. The number of imide groups is 1. The van der Waals surface area contributed by atoms with Gasteiger partial charge in [-0.1, -0.05) is 71.4 Å². The Hall–Kier alpha value is -9.93. The third kappa shape index (κ3) is 24.8. The number of aliphatic carboxylic acids is 4. The van der Waals surface area contributed by atoms with E-state index in [2.05, 4.69) is 10.6 Å². The van der Waals surface area contributed by atoms with Gasteiger partial charge in [-0.05, 0) is 113 Å². The Bertz CT molecular complexity index is 3840. The maximum atomic E-state index is 15.4. The fourth-order valence-corrected chi connectivity index (χ4v) is 14.9. The number of likely N-dealkylation sites (tertiary alicyclic amines) is 1. The first kappa shape index (κ1) is 94.7. The van der Waals surface area contributed by atoms with Crippen molar-refractivity contribution in [1.29, 1.82) is 0 Å². The largest absolute Gasteiger partial charge is 0.481 e. The van der Waals surface area contributed by atoms with Crippen molar-refractivity contribution >= 4 is 94.6 Å². The van der Waals surface area contributed by atoms with Crippen molar-refractivity contribution in [2.24, 2.45) is 82.9 Å². The van der Waals surface area contributed by atoms with E-state index in [1.165, 1.54) is 45.2 Å². The van der Waals surface area contributed by atoms with E-state index in [9.17, 15) is 73.2 Å². The summed E-state index contributed by atoms with van der Waals surface area (Å²) in [6.45, 7) is 11.2. The SMILES string of the molecule is CCOC(=O)C(C(CC(C(=O)O)C(C(=O)NCC(C)C)C(CC1C(=O)N(CC(C)C)C(=O)C1C(CC(C(=O)O)C(C(=O)OCCNC(=O)c1ccc(N(C)C)cc1)C(CC(C(=O)O)C(C(=O)Oc1ccc(C(=O)CC(=O)c2ccc(C)cc2)cc1)C(CC)OC)OC)OC)OC)OC)C(CC(OC)C1C(=O)OC(=O)C1C)C(=O)O. The van der Waals surface area contributed by atoms with E-state index in [-0.39, 0.29) is 55.5 Å². The number of hydrogen-bond donors (Lipinski definition) is 6. The van der Waals surface area contributed by atoms with Crippen LogP contribution in [0.4, 0.5) is 5.69 Å². The number of benzene rings is 3. The number of rotatable bonds is 50. The molecule has 0 spiro atoms. The van der Waals surface area contributed by atoms with Crippen molar-refractivity contribution in [1.82, 2.24) is 15.5 Å². The number of nitrogens with one attached hydrogen (secondary N) is 2. The summed E-state index contributed by atoms with van der Waals surface area (Å²) in [5.41, 5.74) is 2.26. The van der Waals surface area contributed by atoms with Crippen LogP contribution >= 0.6 is 0 Å². The van der Waals surface area contributed by atoms with Gasteiger partial charge in [-0.25, -0.2) is 0 Å². The molecule has 33 nitrogen and oxygen atoms in total. The van der Waals surface area contributed by atoms with E-state index < -0.39 is 248 Å². The van der Waals surface area contributed by atoms with Crippen molar-refractivity contribution in [3.63, 3.8) is 0 Å². The Kier molecular flexibility index (Phi) is 37.1. The second-order valence-electron chi connectivity index (χ2n) is 29.6. The fourth-order valence-electron chi connectivity index (χ4n) is 14.9. The number of carbonyl (C=O) groups is 15. The second kappa shape index (κ2) is 44.7. The third-order valence-corrected chi connectivity index (χ3v) is 21.0. The van der Waals surface area contributed by atoms with Crippen LogP contribution in [-0.2, 0) is 100 Å². The summed E-state index contributed by atoms with van der Waals surface area (Å²) in [6.07, 6.45) is -14.6. The number of carbonyl (C=O) groups excluding carboxylic acids is 11. The maximum absolute atomic E-state index is 15.4. The standard InChI is InChI=1S/C81H110N4O29/c1-17-57(105-11)66(81(104)113-49-29-25-46(26-30-49)56(87)38-55(86)45-21-19-43(7)20-22-45)52(74(94)95)37-62(110-16)68(79(102)112-32-31-82-69(88)47-23-27-48(28-24-47)84(9)10)54(76(98)99)36-60(108-14)65-50(71(90)85(72(65)91)40-42(5)6)33-59(107-13)64(70(89)83-39-41(3)4)51(73(92)93)34-61(109-15)67(78(101)111-18-2)53(75(96)97)35-58(106-12)63-44(8)77(100)114-80(63)103/h19-30,41-42,44,50-54,57-68H,17-18,31-40H2,1-16H3,(H,82,88)(H,83,89)(H,92,93)(H,94,95)(H,96,97)(H,98,99). The molecule has 0 saturated carbocycles. The molecule has 18 unspecified atom stereocenters. The molecule has 2 aliphatic heterocycles. The van der Waals surface area contributed by atoms with Crippen molar-refractivity contribution < 1.29 is 140 Å². The van der Waals surface area contributed by atoms with Crippen LogP contribution in [0.25, 0.3) is 0 Å². The molecule has 3 aromatic carbocycles. The van der Waals surface area contributed by atoms with Crippen LogP contribution in [0, 0.1) is 89.8 Å². The summed E-state index contributed by atoms with van der Waals surface area (Å²) in [5.74, 6) is -40.1. The highest BCUT2D eigenvalue weighted by molar-refractivity contribution is 6.13. The average Bonchev–Trinajstić information content (AvgIpc) is 1.58. The predicted octanol–water partition coefficient (Wildman–Crippen LogP) is 6.04. The van der Waals surface area contributed by atoms with Gasteiger partial charge in [0, 0.05) is 92.2 Å². The number of esters is 5. The van der Waals surface area contributed by atoms with Crippen molar-refractivity contribution in [2.45, 2.75) is 137 Å². The molecule has 114 heavy (non-hydrogen) atoms. The molecule has 0 aromatic heterocycles. The Morgan fingerprint density at radius 2 is 0.974 bits per heavy atom. The third-order valence-electron chi connectivity index (χ3n) is 21.0. The van der Waals surface area contributed by atoms with Crippen molar-refractivity contribution in [3.8, 4) is 5.75 Å². The summed E-state index contributed by atoms with van der Waals surface area (Å²) < 4.78 is 57.0. The Balaban J connectivity index is 1.64. The Labute approximate surface area is 662 Å². The van der Waals surface area contributed by atoms with Gasteiger partial charge in [0.25, 0.3) is 5.91 Å². The maximum Gasteiger partial charge on any atom is 0.320 e. The molecule has 2 aliphatic rings. The van der Waals surface area contributed by atoms with Crippen LogP contribution in [0.5, 0.6) is 5.75 Å². The fraction of sp³-hybridized carbons (Fsp3) is 0.593. The quantitative estimate of drug-likeness (QED) is 0.00713. The van der Waals surface area contributed by atoms with Crippen molar-refractivity contribution in [2.75, 3.05) is 94.5 Å². The normalized spacial score (nSPS) is 19.3. The van der Waals surface area contributed by atoms with Gasteiger partial charge in [-0.3, -0.25) is 76.8 Å². The van der Waals surface area contributed by atoms with Gasteiger partial charge in [-0.2, -0.15) is 0 Å². The number of Topliss-reactive ketones (excluding diaryl/α,β-unsaturated/α-hetero) is 2. The lowest BCUT2D eigenvalue weighted by Crippen LogP contribution is -2.50. The highest BCUT2D eigenvalue weighted by Crippen LogP contribution is 2.44. The molecule has 2 fully saturated rings. The number of carboxylic acids is 4. The average molecular weight is 1600 g/mol. The van der Waals surface area contributed by atoms with Crippen molar-refractivity contribution in [3.05, 3.63) is 95.1 Å². The van der Waals surface area contributed by atoms with Crippen LogP contribution in [0.15, 0.2) is 72.8 Å². The van der Waals surface area contributed by atoms with E-state index in [0.717, 1.165) is 51.7 Å². The zero-order valence-electron chi connectivity index (χ0n) is 67.3. The molecule has 0 bridgehead atoms. The summed E-state index contributed by atoms with van der Waals surface area (Å²) in [5, 5.41) is 50.6. The van der Waals surface area contributed by atoms with E-state index in [4.69, 9.17) is 47.4 Å². The number of methoxy groups -OCH3 is 6. The summed E-state index contributed by atoms with van der Waals surface area (Å²) >= 11 is 0. The molecular weight excluding hydrogens is 1490 g/mol. The molecule has 6 N–H and O–H groups in total. The highest BCUT2D eigenvalue weighted by atomic mass is 16.6. The first-order valence-electron chi connectivity index (χ1n) is 37.7. The van der Waals surface area contributed by atoms with Gasteiger partial charge in [0.15, 0.2) is 11.6 Å². The van der Waals surface area contributed by atoms with Gasteiger partial charge in [0.05, 0.1) is 127 Å². The number of nitrogens with zero attached hydrogens (tertiary/aromatic N) is 2. The van der Waals surface area contributed by atoms with Crippen LogP contribution < -0.4 is 20.3 Å². The molecule has 2 saturated heterocycles. The lowest BCUT2D eigenvalue weighted by molar-refractivity contribution is -0.170. The smallest absolute Gasteiger partial charge is 0.320 e. The zero-order valence-corrected chi connectivity index (χ0v) is 67.3. The summed E-state index contributed by atoms with van der Waals surface area (Å²) in [6, 6.07) is 18.2. The van der Waals surface area contributed by atoms with Gasteiger partial charge in [0.1, 0.15) is 12.4 Å². The first-order valence-corrected chi connectivity index (χ1v) is 37.7. The molecule has 2 heterocycles. The number of aryl methyl sites for hydroxylation is 1. The van der Waals surface area contributed by atoms with E-state index in [0.29, 0.717) is 5.56 Å². The minimum Gasteiger partial charge on any atom is -0.481 e. The van der Waals surface area contributed by atoms with Gasteiger partial charge < -0.3 is 83.3 Å². The van der Waals surface area contributed by atoms with Gasteiger partial charge in [-0.15, -0.1) is 0 Å². The van der Waals surface area contributed by atoms with Crippen LogP contribution in [0.2, 0.25) is 0 Å². The monoisotopic (exact) mass is 1600 g/mol. The summed E-state index contributed by atoms with van der Waals surface area (Å²) in [7, 11) is 10.1. The first-order chi connectivity index (χ1) is 53.9. The van der Waals surface area contributed by atoms with E-state index in [1.54, 1.807) is 102 Å². The molecular formula is C81H110N4O29. The number of amides is 4. The number of cyclic esters (lactones) is 2. The number of ether oxygens (including phenoxy) is 10. The van der Waals surface area contributed by atoms with Gasteiger partial charge >= 0.3 is 53.7 Å². The second-order valence-corrected chi connectivity index (χ2v) is 29.6. The predicted molar refractivity (Wildman–Crippen MR) is 404 cm³/mol. The van der Waals surface area contributed by atoms with Crippen LogP contribution in [0.3, 0.4) is 0 Å². The summed E-state index contributed by atoms with van der Waals surface area (Å²) in [4.78, 5) is 214. The lowest BCUT2D eigenvalue weighted by Gasteiger charge is -2.37. The molecule has 0 aliphatic carbocycles. The lowest BCUT2D eigenvalue weighted by atomic mass is 9.72. The zero-order chi connectivity index (χ0) is 85.3. The molecule has 4 amide bonds. The highest BCUT2D eigenvalue weighted by Gasteiger charge is 2.57. The number of ketones is 2. The molecule has 3 aromatic rings. The Morgan fingerprint density at radius 3 is 1.40 bits per heavy atom. The molecule has 628 valence electrons. The minimum atomic E-state index is -2.17. The number of anilines is 1. The van der Waals surface area contributed by atoms with E-state index >= 15 is 19.2 Å². The van der Waals surface area contributed by atoms with E-state index in [1.807, 2.05) is 6.92 Å².